The van der Waals surface area contributed by atoms with Gasteiger partial charge in [0.1, 0.15) is 5.82 Å². The molecule has 0 bridgehead atoms. The van der Waals surface area contributed by atoms with Crippen LogP contribution in [-0.2, 0) is 4.74 Å². The third-order valence-corrected chi connectivity index (χ3v) is 3.10. The number of aromatic amines is 1. The molecule has 0 aromatic carbocycles. The van der Waals surface area contributed by atoms with E-state index in [4.69, 9.17) is 17.0 Å². The van der Waals surface area contributed by atoms with E-state index in [2.05, 4.69) is 35.5 Å². The average molecular weight is 227 g/mol. The fourth-order valence-electron chi connectivity index (χ4n) is 2.10. The van der Waals surface area contributed by atoms with Crippen LogP contribution < -0.4 is 0 Å². The second kappa shape index (κ2) is 4.06. The van der Waals surface area contributed by atoms with Crippen molar-refractivity contribution in [3.63, 3.8) is 0 Å². The van der Waals surface area contributed by atoms with E-state index in [-0.39, 0.29) is 0 Å². The summed E-state index contributed by atoms with van der Waals surface area (Å²) < 4.78 is 8.36. The zero-order valence-electron chi connectivity index (χ0n) is 9.36. The second-order valence-electron chi connectivity index (χ2n) is 4.43. The quantitative estimate of drug-likeness (QED) is 0.789. The molecule has 2 unspecified atom stereocenters. The van der Waals surface area contributed by atoms with Crippen molar-refractivity contribution in [1.29, 1.82) is 0 Å². The number of nitrogens with one attached hydrogen (secondary N) is 1. The van der Waals surface area contributed by atoms with Crippen LogP contribution in [0.15, 0.2) is 0 Å². The Morgan fingerprint density at radius 3 is 2.87 bits per heavy atom. The first-order valence-electron chi connectivity index (χ1n) is 5.38. The van der Waals surface area contributed by atoms with Crippen LogP contribution in [-0.4, -0.2) is 27.5 Å². The van der Waals surface area contributed by atoms with Crippen molar-refractivity contribution in [3.8, 4) is 0 Å². The lowest BCUT2D eigenvalue weighted by molar-refractivity contribution is 0.123. The molecular formula is C10H17N3OS. The molecule has 4 nitrogen and oxygen atoms in total. The lowest BCUT2D eigenvalue weighted by atomic mass is 10.1. The molecule has 0 aliphatic carbocycles. The van der Waals surface area contributed by atoms with Crippen molar-refractivity contribution in [2.45, 2.75) is 45.3 Å². The number of rotatable bonds is 2. The van der Waals surface area contributed by atoms with Gasteiger partial charge in [-0.05, 0) is 39.4 Å². The maximum absolute atomic E-state index is 5.56. The standard InChI is InChI=1S/C10H17N3OS/c1-6(2)13-9(11-12-10(13)15)8-4-7(3)14-5-8/h6-8H,4-5H2,1-3H3,(H,12,15). The molecule has 5 heteroatoms. The van der Waals surface area contributed by atoms with E-state index in [1.54, 1.807) is 0 Å². The van der Waals surface area contributed by atoms with Crippen molar-refractivity contribution in [2.75, 3.05) is 6.61 Å². The van der Waals surface area contributed by atoms with Gasteiger partial charge in [-0.1, -0.05) is 0 Å². The Morgan fingerprint density at radius 1 is 1.60 bits per heavy atom. The van der Waals surface area contributed by atoms with E-state index in [1.807, 2.05) is 0 Å². The summed E-state index contributed by atoms with van der Waals surface area (Å²) in [5.41, 5.74) is 0. The van der Waals surface area contributed by atoms with Crippen LogP contribution in [0, 0.1) is 4.77 Å². The van der Waals surface area contributed by atoms with E-state index < -0.39 is 0 Å². The summed E-state index contributed by atoms with van der Waals surface area (Å²) in [5.74, 6) is 1.43. The molecule has 1 saturated heterocycles. The fraction of sp³-hybridized carbons (Fsp3) is 0.800. The molecule has 15 heavy (non-hydrogen) atoms. The Morgan fingerprint density at radius 2 is 2.33 bits per heavy atom. The molecule has 1 aromatic heterocycles. The van der Waals surface area contributed by atoms with Crippen LogP contribution in [0.4, 0.5) is 0 Å². The predicted octanol–water partition coefficient (Wildman–Crippen LogP) is 2.41. The molecule has 0 spiro atoms. The van der Waals surface area contributed by atoms with Gasteiger partial charge in [-0.15, -0.1) is 0 Å². The molecule has 0 saturated carbocycles. The minimum atomic E-state index is 0.334. The zero-order valence-corrected chi connectivity index (χ0v) is 10.2. The number of hydrogen-bond acceptors (Lipinski definition) is 3. The summed E-state index contributed by atoms with van der Waals surface area (Å²) in [7, 11) is 0. The second-order valence-corrected chi connectivity index (χ2v) is 4.81. The Balaban J connectivity index is 2.32. The highest BCUT2D eigenvalue weighted by atomic mass is 32.1. The maximum atomic E-state index is 5.56. The molecule has 1 N–H and O–H groups in total. The smallest absolute Gasteiger partial charge is 0.195 e. The first-order valence-corrected chi connectivity index (χ1v) is 5.78. The van der Waals surface area contributed by atoms with Gasteiger partial charge in [-0.2, -0.15) is 5.10 Å². The maximum Gasteiger partial charge on any atom is 0.195 e. The molecule has 2 atom stereocenters. The third-order valence-electron chi connectivity index (χ3n) is 2.81. The van der Waals surface area contributed by atoms with Crippen LogP contribution in [0.3, 0.4) is 0 Å². The molecule has 2 rings (SSSR count). The van der Waals surface area contributed by atoms with Gasteiger partial charge in [0.2, 0.25) is 0 Å². The molecule has 2 heterocycles. The van der Waals surface area contributed by atoms with Crippen molar-refractivity contribution in [2.24, 2.45) is 0 Å². The van der Waals surface area contributed by atoms with E-state index in [0.29, 0.717) is 22.8 Å². The van der Waals surface area contributed by atoms with E-state index in [0.717, 1.165) is 18.9 Å². The molecule has 0 radical (unpaired) electrons. The van der Waals surface area contributed by atoms with Gasteiger partial charge in [-0.25, -0.2) is 0 Å². The minimum Gasteiger partial charge on any atom is -0.378 e. The Hall–Kier alpha value is -0.680. The van der Waals surface area contributed by atoms with E-state index >= 15 is 0 Å². The van der Waals surface area contributed by atoms with Gasteiger partial charge in [0.15, 0.2) is 4.77 Å². The lowest BCUT2D eigenvalue weighted by Gasteiger charge is -2.13. The third kappa shape index (κ3) is 1.99. The fourth-order valence-corrected chi connectivity index (χ4v) is 2.45. The summed E-state index contributed by atoms with van der Waals surface area (Å²) in [4.78, 5) is 0. The lowest BCUT2D eigenvalue weighted by Crippen LogP contribution is -2.11. The molecule has 1 aliphatic heterocycles. The summed E-state index contributed by atoms with van der Waals surface area (Å²) in [6.07, 6.45) is 1.37. The van der Waals surface area contributed by atoms with Crippen LogP contribution in [0.1, 0.15) is 45.0 Å². The number of hydrogen-bond donors (Lipinski definition) is 1. The van der Waals surface area contributed by atoms with Crippen molar-refractivity contribution >= 4 is 12.2 Å². The van der Waals surface area contributed by atoms with Gasteiger partial charge in [0.05, 0.1) is 12.7 Å². The van der Waals surface area contributed by atoms with Crippen LogP contribution in [0.25, 0.3) is 0 Å². The topological polar surface area (TPSA) is 42.8 Å². The van der Waals surface area contributed by atoms with Crippen LogP contribution in [0.5, 0.6) is 0 Å². The van der Waals surface area contributed by atoms with Gasteiger partial charge in [-0.3, -0.25) is 5.10 Å². The normalized spacial score (nSPS) is 26.4. The number of H-pyrrole nitrogens is 1. The highest BCUT2D eigenvalue weighted by Gasteiger charge is 2.28. The Bertz CT molecular complexity index is 396. The average Bonchev–Trinajstić information content (AvgIpc) is 2.71. The monoisotopic (exact) mass is 227 g/mol. The summed E-state index contributed by atoms with van der Waals surface area (Å²) in [5, 5.41) is 7.19. The summed E-state index contributed by atoms with van der Waals surface area (Å²) in [6, 6.07) is 0.349. The largest absolute Gasteiger partial charge is 0.378 e. The Labute approximate surface area is 94.6 Å². The molecule has 1 aliphatic rings. The highest BCUT2D eigenvalue weighted by Crippen LogP contribution is 2.29. The molecule has 0 amide bonds. The molecular weight excluding hydrogens is 210 g/mol. The number of nitrogens with zero attached hydrogens (tertiary/aromatic N) is 2. The molecule has 1 aromatic rings. The van der Waals surface area contributed by atoms with Crippen LogP contribution >= 0.6 is 12.2 Å². The first kappa shape index (κ1) is 10.8. The van der Waals surface area contributed by atoms with E-state index in [1.165, 1.54) is 0 Å². The first-order chi connectivity index (χ1) is 7.09. The minimum absolute atomic E-state index is 0.334. The van der Waals surface area contributed by atoms with Crippen molar-refractivity contribution in [1.82, 2.24) is 14.8 Å². The summed E-state index contributed by atoms with van der Waals surface area (Å²) >= 11 is 5.22. The zero-order chi connectivity index (χ0) is 11.0. The Kier molecular flexibility index (Phi) is 2.93. The number of aromatic nitrogens is 3. The van der Waals surface area contributed by atoms with Gasteiger partial charge in [0, 0.05) is 12.0 Å². The number of ether oxygens (including phenoxy) is 1. The summed E-state index contributed by atoms with van der Waals surface area (Å²) in [6.45, 7) is 7.09. The SMILES string of the molecule is CC1CC(c2n[nH]c(=S)n2C(C)C)CO1. The van der Waals surface area contributed by atoms with E-state index in [9.17, 15) is 0 Å². The van der Waals surface area contributed by atoms with Crippen molar-refractivity contribution in [3.05, 3.63) is 10.6 Å². The van der Waals surface area contributed by atoms with Crippen molar-refractivity contribution < 1.29 is 4.74 Å². The van der Waals surface area contributed by atoms with Gasteiger partial charge >= 0.3 is 0 Å². The highest BCUT2D eigenvalue weighted by molar-refractivity contribution is 7.71. The molecule has 1 fully saturated rings. The van der Waals surface area contributed by atoms with Gasteiger partial charge < -0.3 is 9.30 Å². The molecule has 84 valence electrons. The predicted molar refractivity (Wildman–Crippen MR) is 60.6 cm³/mol. The van der Waals surface area contributed by atoms with Crippen LogP contribution in [0.2, 0.25) is 0 Å². The van der Waals surface area contributed by atoms with Gasteiger partial charge in [0.25, 0.3) is 0 Å².